The molecule has 0 aromatic heterocycles. The van der Waals surface area contributed by atoms with E-state index < -0.39 is 28.5 Å². The highest BCUT2D eigenvalue weighted by molar-refractivity contribution is 7.92. The van der Waals surface area contributed by atoms with Crippen LogP contribution >= 0.6 is 11.6 Å². The number of carbonyl (C=O) groups is 2. The lowest BCUT2D eigenvalue weighted by molar-refractivity contribution is -0.140. The topological polar surface area (TPSA) is 86.8 Å². The summed E-state index contributed by atoms with van der Waals surface area (Å²) in [5.41, 5.74) is 2.76. The van der Waals surface area contributed by atoms with Gasteiger partial charge in [0.1, 0.15) is 12.6 Å². The van der Waals surface area contributed by atoms with Crippen molar-refractivity contribution >= 4 is 39.1 Å². The lowest BCUT2D eigenvalue weighted by atomic mass is 9.94. The number of aryl methyl sites for hydroxylation is 1. The number of anilines is 1. The lowest BCUT2D eigenvalue weighted by Gasteiger charge is -2.35. The fourth-order valence-electron chi connectivity index (χ4n) is 5.37. The minimum atomic E-state index is -3.84. The summed E-state index contributed by atoms with van der Waals surface area (Å²) in [7, 11) is -3.84. The number of benzene rings is 3. The SMILES string of the molecule is Cc1cc(Cl)ccc1N(CC(=O)N(Cc1ccccc1)[C@H](Cc1ccccc1)C(=O)NC1CCCCC1)S(C)(=O)=O. The molecule has 1 aliphatic rings. The van der Waals surface area contributed by atoms with Crippen LogP contribution in [0.1, 0.15) is 48.8 Å². The first-order valence-electron chi connectivity index (χ1n) is 14.0. The second-order valence-electron chi connectivity index (χ2n) is 10.8. The lowest BCUT2D eigenvalue weighted by Crippen LogP contribution is -2.55. The number of rotatable bonds is 11. The zero-order valence-corrected chi connectivity index (χ0v) is 25.2. The summed E-state index contributed by atoms with van der Waals surface area (Å²) in [6.07, 6.45) is 6.48. The van der Waals surface area contributed by atoms with Gasteiger partial charge < -0.3 is 10.2 Å². The van der Waals surface area contributed by atoms with Crippen molar-refractivity contribution in [3.05, 3.63) is 101 Å². The van der Waals surface area contributed by atoms with Crippen molar-refractivity contribution < 1.29 is 18.0 Å². The number of nitrogens with zero attached hydrogens (tertiary/aromatic N) is 2. The Balaban J connectivity index is 1.72. The highest BCUT2D eigenvalue weighted by Crippen LogP contribution is 2.26. The normalized spacial score (nSPS) is 14.7. The van der Waals surface area contributed by atoms with Gasteiger partial charge in [-0.3, -0.25) is 13.9 Å². The summed E-state index contributed by atoms with van der Waals surface area (Å²) >= 11 is 6.13. The molecule has 4 rings (SSSR count). The molecular formula is C32H38ClN3O4S. The smallest absolute Gasteiger partial charge is 0.244 e. The van der Waals surface area contributed by atoms with E-state index in [1.54, 1.807) is 25.1 Å². The van der Waals surface area contributed by atoms with Gasteiger partial charge in [-0.1, -0.05) is 91.5 Å². The van der Waals surface area contributed by atoms with Gasteiger partial charge in [-0.15, -0.1) is 0 Å². The number of nitrogens with one attached hydrogen (secondary N) is 1. The Morgan fingerprint density at radius 2 is 1.54 bits per heavy atom. The molecule has 0 spiro atoms. The first-order valence-corrected chi connectivity index (χ1v) is 16.3. The summed E-state index contributed by atoms with van der Waals surface area (Å²) in [4.78, 5) is 29.7. The molecule has 218 valence electrons. The maximum Gasteiger partial charge on any atom is 0.244 e. The fourth-order valence-corrected chi connectivity index (χ4v) is 6.51. The number of hydrogen-bond donors (Lipinski definition) is 1. The average Bonchev–Trinajstić information content (AvgIpc) is 2.95. The van der Waals surface area contributed by atoms with E-state index in [0.29, 0.717) is 22.7 Å². The molecule has 0 bridgehead atoms. The molecule has 7 nitrogen and oxygen atoms in total. The summed E-state index contributed by atoms with van der Waals surface area (Å²) in [5.74, 6) is -0.688. The first kappa shape index (κ1) is 30.6. The summed E-state index contributed by atoms with van der Waals surface area (Å²) < 4.78 is 27.1. The van der Waals surface area contributed by atoms with E-state index >= 15 is 0 Å². The molecule has 41 heavy (non-hydrogen) atoms. The number of hydrogen-bond acceptors (Lipinski definition) is 4. The molecule has 0 radical (unpaired) electrons. The van der Waals surface area contributed by atoms with Gasteiger partial charge >= 0.3 is 0 Å². The minimum Gasteiger partial charge on any atom is -0.352 e. The van der Waals surface area contributed by atoms with E-state index in [-0.39, 0.29) is 18.5 Å². The predicted octanol–water partition coefficient (Wildman–Crippen LogP) is 5.50. The van der Waals surface area contributed by atoms with E-state index in [1.807, 2.05) is 60.7 Å². The Kier molecular flexibility index (Phi) is 10.5. The van der Waals surface area contributed by atoms with Crippen LogP contribution in [-0.2, 0) is 32.6 Å². The van der Waals surface area contributed by atoms with E-state index in [2.05, 4.69) is 5.32 Å². The standard InChI is InChI=1S/C32H38ClN3O4S/c1-24-20-27(33)18-19-29(24)36(41(2,39)40)23-31(37)35(22-26-14-8-4-9-15-26)30(21-25-12-6-3-7-13-25)32(38)34-28-16-10-5-11-17-28/h3-4,6-9,12-15,18-20,28,30H,5,10-11,16-17,21-23H2,1-2H3,(H,34,38)/t30-/m1/s1. The second-order valence-corrected chi connectivity index (χ2v) is 13.1. The van der Waals surface area contributed by atoms with Crippen LogP contribution in [0.15, 0.2) is 78.9 Å². The maximum atomic E-state index is 14.2. The van der Waals surface area contributed by atoms with Crippen LogP contribution in [0.3, 0.4) is 0 Å². The molecule has 1 saturated carbocycles. The van der Waals surface area contributed by atoms with Crippen molar-refractivity contribution in [3.8, 4) is 0 Å². The van der Waals surface area contributed by atoms with E-state index in [1.165, 1.54) is 4.90 Å². The first-order chi connectivity index (χ1) is 19.6. The van der Waals surface area contributed by atoms with Gasteiger partial charge in [-0.05, 0) is 54.7 Å². The molecule has 1 fully saturated rings. The Morgan fingerprint density at radius 3 is 2.12 bits per heavy atom. The number of halogens is 1. The van der Waals surface area contributed by atoms with Gasteiger partial charge in [0.2, 0.25) is 21.8 Å². The molecule has 3 aromatic carbocycles. The molecule has 1 N–H and O–H groups in total. The Bertz CT molecular complexity index is 1430. The molecule has 0 heterocycles. The Labute approximate surface area is 248 Å². The van der Waals surface area contributed by atoms with E-state index in [9.17, 15) is 18.0 Å². The van der Waals surface area contributed by atoms with Gasteiger partial charge in [-0.25, -0.2) is 8.42 Å². The third-order valence-electron chi connectivity index (χ3n) is 7.53. The van der Waals surface area contributed by atoms with E-state index in [4.69, 9.17) is 11.6 Å². The van der Waals surface area contributed by atoms with Crippen LogP contribution in [0.5, 0.6) is 0 Å². The van der Waals surface area contributed by atoms with Crippen molar-refractivity contribution in [2.75, 3.05) is 17.1 Å². The zero-order valence-electron chi connectivity index (χ0n) is 23.6. The van der Waals surface area contributed by atoms with Crippen molar-refractivity contribution in [1.29, 1.82) is 0 Å². The minimum absolute atomic E-state index is 0.0624. The van der Waals surface area contributed by atoms with Crippen LogP contribution in [0, 0.1) is 6.92 Å². The van der Waals surface area contributed by atoms with Gasteiger partial charge in [0.25, 0.3) is 0 Å². The predicted molar refractivity (Wildman–Crippen MR) is 164 cm³/mol. The molecule has 1 atom stereocenters. The maximum absolute atomic E-state index is 14.2. The van der Waals surface area contributed by atoms with Crippen molar-refractivity contribution in [2.45, 2.75) is 64.1 Å². The van der Waals surface area contributed by atoms with Gasteiger partial charge in [0.05, 0.1) is 11.9 Å². The van der Waals surface area contributed by atoms with Crippen LogP contribution in [0.4, 0.5) is 5.69 Å². The molecule has 1 aliphatic carbocycles. The van der Waals surface area contributed by atoms with Crippen molar-refractivity contribution in [2.24, 2.45) is 0 Å². The highest BCUT2D eigenvalue weighted by atomic mass is 35.5. The monoisotopic (exact) mass is 595 g/mol. The number of amides is 2. The average molecular weight is 596 g/mol. The largest absolute Gasteiger partial charge is 0.352 e. The van der Waals surface area contributed by atoms with Crippen LogP contribution in [0.2, 0.25) is 5.02 Å². The molecule has 0 saturated heterocycles. The number of carbonyl (C=O) groups excluding carboxylic acids is 2. The summed E-state index contributed by atoms with van der Waals surface area (Å²) in [5, 5.41) is 3.68. The molecule has 0 unspecified atom stereocenters. The zero-order chi connectivity index (χ0) is 29.4. The summed E-state index contributed by atoms with van der Waals surface area (Å²) in [6.45, 7) is 1.46. The third kappa shape index (κ3) is 8.57. The van der Waals surface area contributed by atoms with E-state index in [0.717, 1.165) is 53.8 Å². The molecular weight excluding hydrogens is 558 g/mol. The number of sulfonamides is 1. The van der Waals surface area contributed by atoms with Gasteiger partial charge in [0.15, 0.2) is 0 Å². The highest BCUT2D eigenvalue weighted by Gasteiger charge is 2.34. The van der Waals surface area contributed by atoms with Crippen molar-refractivity contribution in [1.82, 2.24) is 10.2 Å². The molecule has 2 amide bonds. The second kappa shape index (κ2) is 14.0. The summed E-state index contributed by atoms with van der Waals surface area (Å²) in [6, 6.07) is 23.1. The van der Waals surface area contributed by atoms with Crippen LogP contribution < -0.4 is 9.62 Å². The quantitative estimate of drug-likeness (QED) is 0.317. The van der Waals surface area contributed by atoms with Gasteiger partial charge in [-0.2, -0.15) is 0 Å². The van der Waals surface area contributed by atoms with Crippen LogP contribution in [-0.4, -0.2) is 50.0 Å². The molecule has 0 aliphatic heterocycles. The van der Waals surface area contributed by atoms with Gasteiger partial charge in [0, 0.05) is 24.0 Å². The molecule has 3 aromatic rings. The fraction of sp³-hybridized carbons (Fsp3) is 0.375. The Hall–Kier alpha value is -3.36. The van der Waals surface area contributed by atoms with Crippen molar-refractivity contribution in [3.63, 3.8) is 0 Å². The van der Waals surface area contributed by atoms with Crippen LogP contribution in [0.25, 0.3) is 0 Å². The molecule has 9 heteroatoms. The third-order valence-corrected chi connectivity index (χ3v) is 8.89. The Morgan fingerprint density at radius 1 is 0.927 bits per heavy atom.